The van der Waals surface area contributed by atoms with Crippen molar-refractivity contribution in [3.8, 4) is 39.1 Å². The van der Waals surface area contributed by atoms with Gasteiger partial charge in [-0.3, -0.25) is 0 Å². The first-order valence-corrected chi connectivity index (χ1v) is 21.2. The van der Waals surface area contributed by atoms with Gasteiger partial charge in [0.2, 0.25) is 0 Å². The van der Waals surface area contributed by atoms with Crippen LogP contribution in [-0.2, 0) is 12.8 Å². The Labute approximate surface area is 352 Å². The number of para-hydroxylation sites is 1. The fraction of sp³-hybridized carbons (Fsp3) is 0.0357. The van der Waals surface area contributed by atoms with E-state index in [-0.39, 0.29) is 0 Å². The molecule has 2 heteroatoms. The van der Waals surface area contributed by atoms with Gasteiger partial charge in [-0.2, -0.15) is 0 Å². The predicted octanol–water partition coefficient (Wildman–Crippen LogP) is 15.6. The largest absolute Gasteiger partial charge is 0.309 e. The van der Waals surface area contributed by atoms with Crippen LogP contribution >= 0.6 is 22.6 Å². The molecule has 0 aliphatic heterocycles. The van der Waals surface area contributed by atoms with Crippen molar-refractivity contribution >= 4 is 76.7 Å². The van der Waals surface area contributed by atoms with Crippen LogP contribution in [0.4, 0.5) is 0 Å². The van der Waals surface area contributed by atoms with E-state index < -0.39 is 0 Å². The zero-order chi connectivity index (χ0) is 38.6. The molecule has 0 unspecified atom stereocenters. The normalized spacial score (nSPS) is 11.7. The van der Waals surface area contributed by atoms with E-state index in [0.29, 0.717) is 0 Å². The van der Waals surface area contributed by atoms with Gasteiger partial charge in [-0.05, 0) is 143 Å². The van der Waals surface area contributed by atoms with Gasteiger partial charge in [0, 0.05) is 25.6 Å². The molecule has 58 heavy (non-hydrogen) atoms. The third-order valence-corrected chi connectivity index (χ3v) is 12.9. The Bertz CT molecular complexity index is 3300. The van der Waals surface area contributed by atoms with E-state index >= 15 is 0 Å². The second kappa shape index (κ2) is 14.5. The first kappa shape index (κ1) is 34.7. The second-order valence-corrected chi connectivity index (χ2v) is 16.5. The van der Waals surface area contributed by atoms with Crippen molar-refractivity contribution < 1.29 is 0 Å². The number of halogens is 1. The summed E-state index contributed by atoms with van der Waals surface area (Å²) >= 11 is 2.56. The molecule has 274 valence electrons. The molecule has 0 N–H and O–H groups in total. The van der Waals surface area contributed by atoms with Crippen LogP contribution in [0.5, 0.6) is 0 Å². The predicted molar refractivity (Wildman–Crippen MR) is 256 cm³/mol. The summed E-state index contributed by atoms with van der Waals surface area (Å²) in [6.45, 7) is 0. The summed E-state index contributed by atoms with van der Waals surface area (Å²) in [6.07, 6.45) is 1.94. The molecule has 0 radical (unpaired) electrons. The number of benzene rings is 10. The Morgan fingerprint density at radius 2 is 0.931 bits per heavy atom. The number of hydrogen-bond donors (Lipinski definition) is 0. The quantitative estimate of drug-likeness (QED) is 0.111. The molecular formula is C56H38IN. The van der Waals surface area contributed by atoms with Gasteiger partial charge in [0.05, 0.1) is 11.0 Å². The van der Waals surface area contributed by atoms with Crippen LogP contribution in [-0.4, -0.2) is 4.57 Å². The minimum absolute atomic E-state index is 0.963. The van der Waals surface area contributed by atoms with Gasteiger partial charge in [-0.1, -0.05) is 170 Å². The summed E-state index contributed by atoms with van der Waals surface area (Å²) in [6, 6.07) is 76.0. The van der Waals surface area contributed by atoms with E-state index in [1.54, 1.807) is 0 Å². The van der Waals surface area contributed by atoms with Crippen molar-refractivity contribution in [2.24, 2.45) is 0 Å². The Morgan fingerprint density at radius 3 is 1.69 bits per heavy atom. The van der Waals surface area contributed by atoms with Gasteiger partial charge in [-0.15, -0.1) is 0 Å². The Morgan fingerprint density at radius 1 is 0.362 bits per heavy atom. The van der Waals surface area contributed by atoms with Crippen molar-refractivity contribution in [1.82, 2.24) is 4.57 Å². The average Bonchev–Trinajstić information content (AvgIpc) is 3.63. The summed E-state index contributed by atoms with van der Waals surface area (Å²) in [5, 5.41) is 10.3. The summed E-state index contributed by atoms with van der Waals surface area (Å²) < 4.78 is 3.73. The van der Waals surface area contributed by atoms with Gasteiger partial charge in [0.25, 0.3) is 0 Å². The van der Waals surface area contributed by atoms with Crippen LogP contribution in [0.15, 0.2) is 206 Å². The number of fused-ring (bicyclic) bond motifs is 9. The first-order chi connectivity index (χ1) is 28.7. The highest BCUT2D eigenvalue weighted by molar-refractivity contribution is 14.1. The Hall–Kier alpha value is -6.49. The molecule has 1 aromatic heterocycles. The van der Waals surface area contributed by atoms with Crippen LogP contribution in [0, 0.1) is 3.57 Å². The number of aryl methyl sites for hydroxylation is 2. The van der Waals surface area contributed by atoms with E-state index in [1.807, 2.05) is 0 Å². The van der Waals surface area contributed by atoms with E-state index in [4.69, 9.17) is 0 Å². The zero-order valence-electron chi connectivity index (χ0n) is 31.9. The molecule has 0 fully saturated rings. The Kier molecular flexibility index (Phi) is 8.66. The Balaban J connectivity index is 1.01. The van der Waals surface area contributed by atoms with Crippen LogP contribution in [0.1, 0.15) is 11.1 Å². The van der Waals surface area contributed by atoms with Gasteiger partial charge >= 0.3 is 0 Å². The molecule has 0 saturated carbocycles. The summed E-state index contributed by atoms with van der Waals surface area (Å²) in [4.78, 5) is 0. The minimum Gasteiger partial charge on any atom is -0.309 e. The number of nitrogens with zero attached hydrogens (tertiary/aromatic N) is 1. The van der Waals surface area contributed by atoms with Crippen molar-refractivity contribution in [2.45, 2.75) is 12.8 Å². The molecule has 1 nitrogen and oxygen atoms in total. The molecule has 11 aromatic rings. The molecule has 1 heterocycles. The highest BCUT2D eigenvalue weighted by atomic mass is 127. The van der Waals surface area contributed by atoms with E-state index in [0.717, 1.165) is 18.5 Å². The van der Waals surface area contributed by atoms with Gasteiger partial charge in [0.15, 0.2) is 0 Å². The first-order valence-electron chi connectivity index (χ1n) is 20.1. The minimum atomic E-state index is 0.963. The molecule has 0 amide bonds. The topological polar surface area (TPSA) is 4.93 Å². The SMILES string of the molecule is Ic1ccc2c(c1-c1ccccc1CCc1ccc(-c3ccccc3)cc1)c1ccccc1n2-c1cccc(-c2ccc3c4ccccc4c4ccccc4c3c2)c1. The summed E-state index contributed by atoms with van der Waals surface area (Å²) in [5.74, 6) is 0. The van der Waals surface area contributed by atoms with E-state index in [1.165, 1.54) is 102 Å². The smallest absolute Gasteiger partial charge is 0.0548 e. The lowest BCUT2D eigenvalue weighted by atomic mass is 9.92. The molecule has 0 aliphatic rings. The van der Waals surface area contributed by atoms with Gasteiger partial charge < -0.3 is 4.57 Å². The van der Waals surface area contributed by atoms with Crippen LogP contribution in [0.3, 0.4) is 0 Å². The lowest BCUT2D eigenvalue weighted by Gasteiger charge is -2.15. The highest BCUT2D eigenvalue weighted by Crippen LogP contribution is 2.43. The molecule has 10 aromatic carbocycles. The van der Waals surface area contributed by atoms with Crippen LogP contribution in [0.25, 0.3) is 93.2 Å². The second-order valence-electron chi connectivity index (χ2n) is 15.3. The lowest BCUT2D eigenvalue weighted by molar-refractivity contribution is 0.962. The maximum Gasteiger partial charge on any atom is 0.0548 e. The fourth-order valence-corrected chi connectivity index (χ4v) is 9.98. The van der Waals surface area contributed by atoms with Crippen LogP contribution < -0.4 is 0 Å². The molecular weight excluding hydrogens is 814 g/mol. The molecule has 0 atom stereocenters. The number of aromatic nitrogens is 1. The molecule has 0 bridgehead atoms. The number of hydrogen-bond acceptors (Lipinski definition) is 0. The maximum atomic E-state index is 2.56. The van der Waals surface area contributed by atoms with E-state index in [2.05, 4.69) is 233 Å². The van der Waals surface area contributed by atoms with Crippen molar-refractivity contribution in [3.63, 3.8) is 0 Å². The summed E-state index contributed by atoms with van der Waals surface area (Å²) in [7, 11) is 0. The zero-order valence-corrected chi connectivity index (χ0v) is 34.0. The lowest BCUT2D eigenvalue weighted by Crippen LogP contribution is -1.97. The molecule has 0 spiro atoms. The summed E-state index contributed by atoms with van der Waals surface area (Å²) in [5.41, 5.74) is 13.9. The van der Waals surface area contributed by atoms with Gasteiger partial charge in [-0.25, -0.2) is 0 Å². The van der Waals surface area contributed by atoms with Gasteiger partial charge in [0.1, 0.15) is 0 Å². The molecule has 11 rings (SSSR count). The van der Waals surface area contributed by atoms with E-state index in [9.17, 15) is 0 Å². The fourth-order valence-electron chi connectivity index (χ4n) is 9.24. The standard InChI is InChI=1S/C56H38IN/c57-52-33-34-54-56(55(52)44-18-5-4-15-40(44)30-27-37-25-28-39(29-26-37)38-13-2-1-3-14-38)50-23-10-11-24-53(50)58(54)43-17-12-16-41(35-43)42-31-32-49-47-21-7-6-19-45(47)46-20-8-9-22-48(46)51(49)36-42/h1-26,28-29,31-36H,27,30H2. The third kappa shape index (κ3) is 5.90. The highest BCUT2D eigenvalue weighted by Gasteiger charge is 2.20. The molecule has 0 saturated heterocycles. The van der Waals surface area contributed by atoms with Crippen molar-refractivity contribution in [1.29, 1.82) is 0 Å². The molecule has 0 aliphatic carbocycles. The monoisotopic (exact) mass is 851 g/mol. The van der Waals surface area contributed by atoms with Crippen molar-refractivity contribution in [2.75, 3.05) is 0 Å². The third-order valence-electron chi connectivity index (χ3n) is 12.0. The maximum absolute atomic E-state index is 2.56. The number of rotatable bonds is 7. The van der Waals surface area contributed by atoms with Crippen molar-refractivity contribution in [3.05, 3.63) is 221 Å². The average molecular weight is 852 g/mol. The van der Waals surface area contributed by atoms with Crippen LogP contribution in [0.2, 0.25) is 0 Å².